The molecular formula is C20H23N3O3S. The van der Waals surface area contributed by atoms with E-state index in [1.54, 1.807) is 4.68 Å². The zero-order valence-corrected chi connectivity index (χ0v) is 16.2. The Morgan fingerprint density at radius 3 is 2.44 bits per heavy atom. The van der Waals surface area contributed by atoms with Crippen molar-refractivity contribution in [2.75, 3.05) is 6.54 Å². The van der Waals surface area contributed by atoms with Crippen molar-refractivity contribution >= 4 is 10.0 Å². The fourth-order valence-corrected chi connectivity index (χ4v) is 3.55. The van der Waals surface area contributed by atoms with Crippen molar-refractivity contribution in [2.24, 2.45) is 0 Å². The summed E-state index contributed by atoms with van der Waals surface area (Å²) in [5.41, 5.74) is 1.84. The molecule has 3 aromatic rings. The Morgan fingerprint density at radius 1 is 1.07 bits per heavy atom. The molecule has 142 valence electrons. The predicted octanol–water partition coefficient (Wildman–Crippen LogP) is 3.18. The van der Waals surface area contributed by atoms with Gasteiger partial charge in [0.1, 0.15) is 10.6 Å². The van der Waals surface area contributed by atoms with Crippen LogP contribution in [0.4, 0.5) is 0 Å². The second-order valence-electron chi connectivity index (χ2n) is 6.41. The van der Waals surface area contributed by atoms with Crippen LogP contribution in [-0.2, 0) is 16.4 Å². The predicted molar refractivity (Wildman–Crippen MR) is 105 cm³/mol. The molecule has 0 fully saturated rings. The molecule has 0 atom stereocenters. The summed E-state index contributed by atoms with van der Waals surface area (Å²) in [6.45, 7) is 4.26. The number of nitrogens with one attached hydrogen (secondary N) is 1. The minimum Gasteiger partial charge on any atom is -0.491 e. The van der Waals surface area contributed by atoms with Crippen molar-refractivity contribution < 1.29 is 13.2 Å². The third kappa shape index (κ3) is 5.18. The van der Waals surface area contributed by atoms with Crippen LogP contribution in [0, 0.1) is 0 Å². The minimum atomic E-state index is -3.60. The van der Waals surface area contributed by atoms with Gasteiger partial charge >= 0.3 is 0 Å². The highest BCUT2D eigenvalue weighted by Gasteiger charge is 2.16. The lowest BCUT2D eigenvalue weighted by atomic mass is 10.1. The molecule has 0 radical (unpaired) electrons. The maximum atomic E-state index is 12.5. The first-order valence-electron chi connectivity index (χ1n) is 8.79. The molecule has 1 aromatic heterocycles. The van der Waals surface area contributed by atoms with Gasteiger partial charge in [0.15, 0.2) is 0 Å². The molecule has 0 aliphatic heterocycles. The lowest BCUT2D eigenvalue weighted by molar-refractivity contribution is 0.242. The third-order valence-electron chi connectivity index (χ3n) is 3.89. The first kappa shape index (κ1) is 19.1. The van der Waals surface area contributed by atoms with Crippen molar-refractivity contribution in [3.05, 3.63) is 72.6 Å². The standard InChI is InChI=1S/C20H23N3O3S/c1-16(2)26-19-10-8-17(9-11-19)12-13-22-27(24,25)20-14-21-23(15-20)18-6-4-3-5-7-18/h3-11,14-16,22H,12-13H2,1-2H3. The summed E-state index contributed by atoms with van der Waals surface area (Å²) in [7, 11) is -3.60. The van der Waals surface area contributed by atoms with Gasteiger partial charge < -0.3 is 4.74 Å². The van der Waals surface area contributed by atoms with Gasteiger partial charge in [0.05, 0.1) is 24.2 Å². The van der Waals surface area contributed by atoms with Crippen LogP contribution < -0.4 is 9.46 Å². The van der Waals surface area contributed by atoms with Gasteiger partial charge in [-0.3, -0.25) is 0 Å². The SMILES string of the molecule is CC(C)Oc1ccc(CCNS(=O)(=O)c2cnn(-c3ccccc3)c2)cc1. The molecule has 3 rings (SSSR count). The van der Waals surface area contributed by atoms with Crippen molar-refractivity contribution in [2.45, 2.75) is 31.3 Å². The molecule has 0 saturated carbocycles. The van der Waals surface area contributed by atoms with Crippen molar-refractivity contribution in [3.63, 3.8) is 0 Å². The van der Waals surface area contributed by atoms with E-state index >= 15 is 0 Å². The summed E-state index contributed by atoms with van der Waals surface area (Å²) >= 11 is 0. The van der Waals surface area contributed by atoms with Gasteiger partial charge in [-0.1, -0.05) is 30.3 Å². The number of aromatic nitrogens is 2. The van der Waals surface area contributed by atoms with Gasteiger partial charge in [-0.05, 0) is 50.1 Å². The van der Waals surface area contributed by atoms with Crippen LogP contribution in [0.5, 0.6) is 5.75 Å². The number of sulfonamides is 1. The average Bonchev–Trinajstić information content (AvgIpc) is 3.15. The molecule has 2 aromatic carbocycles. The van der Waals surface area contributed by atoms with Crippen LogP contribution >= 0.6 is 0 Å². The molecule has 0 aliphatic carbocycles. The number of benzene rings is 2. The molecule has 6 nitrogen and oxygen atoms in total. The van der Waals surface area contributed by atoms with Crippen LogP contribution in [0.1, 0.15) is 19.4 Å². The van der Waals surface area contributed by atoms with Gasteiger partial charge in [0.25, 0.3) is 0 Å². The molecule has 0 unspecified atom stereocenters. The summed E-state index contributed by atoms with van der Waals surface area (Å²) in [5.74, 6) is 0.808. The number of ether oxygens (including phenoxy) is 1. The zero-order chi connectivity index (χ0) is 19.3. The Kier molecular flexibility index (Phi) is 5.93. The van der Waals surface area contributed by atoms with Crippen LogP contribution in [0.2, 0.25) is 0 Å². The van der Waals surface area contributed by atoms with Crippen LogP contribution in [0.25, 0.3) is 5.69 Å². The second-order valence-corrected chi connectivity index (χ2v) is 8.18. The Bertz CT molecular complexity index is 965. The monoisotopic (exact) mass is 385 g/mol. The van der Waals surface area contributed by atoms with E-state index in [9.17, 15) is 8.42 Å². The van der Waals surface area contributed by atoms with Gasteiger partial charge in [-0.25, -0.2) is 17.8 Å². The number of hydrogen-bond acceptors (Lipinski definition) is 4. The molecule has 27 heavy (non-hydrogen) atoms. The van der Waals surface area contributed by atoms with Crippen LogP contribution in [-0.4, -0.2) is 30.8 Å². The first-order valence-corrected chi connectivity index (χ1v) is 10.3. The van der Waals surface area contributed by atoms with Gasteiger partial charge in [-0.2, -0.15) is 5.10 Å². The molecule has 0 amide bonds. The summed E-state index contributed by atoms with van der Waals surface area (Å²) in [6, 6.07) is 17.1. The Labute approximate surface area is 159 Å². The number of hydrogen-bond donors (Lipinski definition) is 1. The first-order chi connectivity index (χ1) is 12.9. The van der Waals surface area contributed by atoms with Crippen molar-refractivity contribution in [3.8, 4) is 11.4 Å². The smallest absolute Gasteiger partial charge is 0.243 e. The highest BCUT2D eigenvalue weighted by Crippen LogP contribution is 2.15. The number of para-hydroxylation sites is 1. The minimum absolute atomic E-state index is 0.125. The lowest BCUT2D eigenvalue weighted by Gasteiger charge is -2.10. The molecule has 0 bridgehead atoms. The van der Waals surface area contributed by atoms with E-state index in [4.69, 9.17) is 4.74 Å². The van der Waals surface area contributed by atoms with Gasteiger partial charge in [0, 0.05) is 6.54 Å². The highest BCUT2D eigenvalue weighted by atomic mass is 32.2. The van der Waals surface area contributed by atoms with E-state index in [-0.39, 0.29) is 11.0 Å². The second kappa shape index (κ2) is 8.37. The zero-order valence-electron chi connectivity index (χ0n) is 15.4. The maximum absolute atomic E-state index is 12.5. The average molecular weight is 385 g/mol. The Morgan fingerprint density at radius 2 is 1.78 bits per heavy atom. The lowest BCUT2D eigenvalue weighted by Crippen LogP contribution is -2.25. The fraction of sp³-hybridized carbons (Fsp3) is 0.250. The summed E-state index contributed by atoms with van der Waals surface area (Å²) in [6.07, 6.45) is 3.58. The molecule has 0 spiro atoms. The highest BCUT2D eigenvalue weighted by molar-refractivity contribution is 7.89. The summed E-state index contributed by atoms with van der Waals surface area (Å²) in [4.78, 5) is 0.145. The third-order valence-corrected chi connectivity index (χ3v) is 5.31. The van der Waals surface area contributed by atoms with Crippen LogP contribution in [0.3, 0.4) is 0 Å². The molecule has 1 N–H and O–H groups in total. The van der Waals surface area contributed by atoms with Crippen molar-refractivity contribution in [1.82, 2.24) is 14.5 Å². The topological polar surface area (TPSA) is 73.2 Å². The van der Waals surface area contributed by atoms with E-state index in [1.807, 2.05) is 68.4 Å². The molecule has 1 heterocycles. The number of rotatable bonds is 8. The molecular weight excluding hydrogens is 362 g/mol. The van der Waals surface area contributed by atoms with E-state index in [2.05, 4.69) is 9.82 Å². The van der Waals surface area contributed by atoms with E-state index < -0.39 is 10.0 Å². The summed E-state index contributed by atoms with van der Waals surface area (Å²) < 4.78 is 34.7. The normalized spacial score (nSPS) is 11.7. The molecule has 0 aliphatic rings. The van der Waals surface area contributed by atoms with Gasteiger partial charge in [-0.15, -0.1) is 0 Å². The van der Waals surface area contributed by atoms with E-state index in [0.717, 1.165) is 17.0 Å². The Balaban J connectivity index is 1.58. The molecule has 0 saturated heterocycles. The molecule has 7 heteroatoms. The Hall–Kier alpha value is -2.64. The van der Waals surface area contributed by atoms with Crippen molar-refractivity contribution in [1.29, 1.82) is 0 Å². The fourth-order valence-electron chi connectivity index (χ4n) is 2.59. The largest absolute Gasteiger partial charge is 0.491 e. The van der Waals surface area contributed by atoms with E-state index in [0.29, 0.717) is 13.0 Å². The maximum Gasteiger partial charge on any atom is 0.243 e. The summed E-state index contributed by atoms with van der Waals surface area (Å²) in [5, 5.41) is 4.14. The number of nitrogens with zero attached hydrogens (tertiary/aromatic N) is 2. The quantitative estimate of drug-likeness (QED) is 0.646. The van der Waals surface area contributed by atoms with Crippen LogP contribution in [0.15, 0.2) is 71.9 Å². The van der Waals surface area contributed by atoms with Gasteiger partial charge in [0.2, 0.25) is 10.0 Å². The van der Waals surface area contributed by atoms with E-state index in [1.165, 1.54) is 12.4 Å².